The summed E-state index contributed by atoms with van der Waals surface area (Å²) in [6, 6.07) is 17.1. The molecule has 0 aliphatic carbocycles. The molecule has 1 aliphatic heterocycles. The van der Waals surface area contributed by atoms with Gasteiger partial charge in [0.25, 0.3) is 11.6 Å². The zero-order valence-electron chi connectivity index (χ0n) is 14.7. The second-order valence-electron chi connectivity index (χ2n) is 5.91. The number of benzene rings is 2. The van der Waals surface area contributed by atoms with Crippen LogP contribution in [0.5, 0.6) is 0 Å². The van der Waals surface area contributed by atoms with E-state index in [0.717, 1.165) is 4.47 Å². The fourth-order valence-corrected chi connectivity index (χ4v) is 3.87. The van der Waals surface area contributed by atoms with Crippen LogP contribution < -0.4 is 5.32 Å². The number of para-hydroxylation sites is 2. The van der Waals surface area contributed by atoms with E-state index in [1.165, 1.54) is 17.8 Å². The van der Waals surface area contributed by atoms with Gasteiger partial charge in [0.2, 0.25) is 0 Å². The topological polar surface area (TPSA) is 97.7 Å². The second-order valence-corrected chi connectivity index (χ2v) is 7.79. The van der Waals surface area contributed by atoms with Gasteiger partial charge in [0.1, 0.15) is 11.5 Å². The number of hydrogen-bond acceptors (Lipinski definition) is 6. The molecule has 4 rings (SSSR count). The Hall–Kier alpha value is -3.17. The Morgan fingerprint density at radius 1 is 1.10 bits per heavy atom. The molecule has 3 aromatic rings. The van der Waals surface area contributed by atoms with E-state index >= 15 is 0 Å². The van der Waals surface area contributed by atoms with Gasteiger partial charge in [-0.3, -0.25) is 14.9 Å². The molecule has 0 radical (unpaired) electrons. The quantitative estimate of drug-likeness (QED) is 0.308. The lowest BCUT2D eigenvalue weighted by atomic mass is 10.1. The van der Waals surface area contributed by atoms with E-state index in [4.69, 9.17) is 4.42 Å². The molecular weight excluding hydrogens is 458 g/mol. The Kier molecular flexibility index (Phi) is 5.32. The van der Waals surface area contributed by atoms with E-state index < -0.39 is 4.92 Å². The van der Waals surface area contributed by atoms with Gasteiger partial charge in [-0.25, -0.2) is 4.99 Å². The third kappa shape index (κ3) is 4.15. The lowest BCUT2D eigenvalue weighted by molar-refractivity contribution is -0.384. The van der Waals surface area contributed by atoms with Crippen LogP contribution in [-0.4, -0.2) is 16.0 Å². The molecule has 9 heteroatoms. The van der Waals surface area contributed by atoms with Crippen LogP contribution in [0.25, 0.3) is 17.4 Å². The van der Waals surface area contributed by atoms with E-state index in [2.05, 4.69) is 26.2 Å². The summed E-state index contributed by atoms with van der Waals surface area (Å²) in [6.45, 7) is 0. The number of nitrogens with one attached hydrogen (secondary N) is 1. The SMILES string of the molecule is O=C1NC(=Nc2ccccc2Br)SC1=Cc1ccc(-c2ccccc2[N+](=O)[O-])o1. The molecule has 144 valence electrons. The molecule has 1 saturated heterocycles. The van der Waals surface area contributed by atoms with Crippen LogP contribution >= 0.6 is 27.7 Å². The van der Waals surface area contributed by atoms with Gasteiger partial charge in [-0.15, -0.1) is 0 Å². The predicted molar refractivity (Wildman–Crippen MR) is 116 cm³/mol. The lowest BCUT2D eigenvalue weighted by Crippen LogP contribution is -2.19. The molecule has 0 bridgehead atoms. The van der Waals surface area contributed by atoms with Gasteiger partial charge in [-0.05, 0) is 58.0 Å². The Labute approximate surface area is 177 Å². The number of amidine groups is 1. The molecule has 2 aromatic carbocycles. The summed E-state index contributed by atoms with van der Waals surface area (Å²) in [5, 5.41) is 14.4. The van der Waals surface area contributed by atoms with Crippen LogP contribution in [0.1, 0.15) is 5.76 Å². The number of rotatable bonds is 4. The number of nitrogens with zero attached hydrogens (tertiary/aromatic N) is 2. The maximum Gasteiger partial charge on any atom is 0.280 e. The molecule has 0 spiro atoms. The van der Waals surface area contributed by atoms with Crippen LogP contribution in [0, 0.1) is 10.1 Å². The van der Waals surface area contributed by atoms with E-state index in [-0.39, 0.29) is 11.6 Å². The number of amides is 1. The minimum atomic E-state index is -0.458. The lowest BCUT2D eigenvalue weighted by Gasteiger charge is -1.99. The molecule has 1 fully saturated rings. The highest BCUT2D eigenvalue weighted by Gasteiger charge is 2.25. The van der Waals surface area contributed by atoms with Gasteiger partial charge in [-0.1, -0.05) is 24.3 Å². The molecule has 0 atom stereocenters. The summed E-state index contributed by atoms with van der Waals surface area (Å²) in [4.78, 5) is 27.9. The highest BCUT2D eigenvalue weighted by molar-refractivity contribution is 9.10. The second kappa shape index (κ2) is 8.06. The summed E-state index contributed by atoms with van der Waals surface area (Å²) in [5.41, 5.74) is 1.03. The molecule has 29 heavy (non-hydrogen) atoms. The maximum atomic E-state index is 12.3. The Morgan fingerprint density at radius 3 is 2.66 bits per heavy atom. The molecular formula is C20H12BrN3O4S. The summed E-state index contributed by atoms with van der Waals surface area (Å²) < 4.78 is 6.54. The maximum absolute atomic E-state index is 12.3. The average Bonchev–Trinajstić information content (AvgIpc) is 3.30. The van der Waals surface area contributed by atoms with E-state index in [1.807, 2.05) is 24.3 Å². The van der Waals surface area contributed by atoms with Crippen LogP contribution in [0.4, 0.5) is 11.4 Å². The van der Waals surface area contributed by atoms with E-state index in [9.17, 15) is 14.9 Å². The monoisotopic (exact) mass is 469 g/mol. The molecule has 1 amide bonds. The standard InChI is InChI=1S/C20H12BrN3O4S/c21-14-6-2-3-7-15(14)22-20-23-19(25)18(29-20)11-12-9-10-17(28-12)13-5-1-4-8-16(13)24(26)27/h1-11H,(H,22,23,25). The molecule has 1 N–H and O–H groups in total. The number of carbonyl (C=O) groups excluding carboxylic acids is 1. The molecule has 1 aromatic heterocycles. The molecule has 0 unspecified atom stereocenters. The van der Waals surface area contributed by atoms with Crippen molar-refractivity contribution in [3.05, 3.63) is 85.9 Å². The van der Waals surface area contributed by atoms with Gasteiger partial charge in [0.15, 0.2) is 5.17 Å². The van der Waals surface area contributed by atoms with Crippen molar-refractivity contribution in [1.29, 1.82) is 0 Å². The highest BCUT2D eigenvalue weighted by atomic mass is 79.9. The molecule has 0 saturated carbocycles. The Balaban J connectivity index is 1.59. The fourth-order valence-electron chi connectivity index (χ4n) is 2.68. The van der Waals surface area contributed by atoms with Crippen LogP contribution in [-0.2, 0) is 4.79 Å². The van der Waals surface area contributed by atoms with Crippen molar-refractivity contribution < 1.29 is 14.1 Å². The fraction of sp³-hybridized carbons (Fsp3) is 0. The van der Waals surface area contributed by atoms with Crippen molar-refractivity contribution in [3.63, 3.8) is 0 Å². The van der Waals surface area contributed by atoms with Crippen LogP contribution in [0.15, 0.2) is 79.5 Å². The van der Waals surface area contributed by atoms with Crippen molar-refractivity contribution in [1.82, 2.24) is 5.32 Å². The van der Waals surface area contributed by atoms with Gasteiger partial charge < -0.3 is 9.73 Å². The van der Waals surface area contributed by atoms with E-state index in [0.29, 0.717) is 32.8 Å². The first-order valence-electron chi connectivity index (χ1n) is 8.39. The third-order valence-corrected chi connectivity index (χ3v) is 5.57. The number of carbonyl (C=O) groups is 1. The third-order valence-electron chi connectivity index (χ3n) is 3.99. The van der Waals surface area contributed by atoms with Gasteiger partial charge in [0, 0.05) is 16.6 Å². The molecule has 1 aliphatic rings. The summed E-state index contributed by atoms with van der Waals surface area (Å²) in [5.74, 6) is 0.483. The smallest absolute Gasteiger partial charge is 0.280 e. The number of aliphatic imine (C=N–C) groups is 1. The number of furan rings is 1. The highest BCUT2D eigenvalue weighted by Crippen LogP contribution is 2.34. The average molecular weight is 470 g/mol. The number of nitro benzene ring substituents is 1. The summed E-state index contributed by atoms with van der Waals surface area (Å²) in [6.07, 6.45) is 1.58. The predicted octanol–water partition coefficient (Wildman–Crippen LogP) is 5.51. The number of thioether (sulfide) groups is 1. The number of hydrogen-bond donors (Lipinski definition) is 1. The largest absolute Gasteiger partial charge is 0.456 e. The summed E-state index contributed by atoms with van der Waals surface area (Å²) in [7, 11) is 0. The van der Waals surface area contributed by atoms with Crippen molar-refractivity contribution >= 4 is 56.2 Å². The summed E-state index contributed by atoms with van der Waals surface area (Å²) >= 11 is 4.61. The van der Waals surface area contributed by atoms with Gasteiger partial charge in [0.05, 0.1) is 21.1 Å². The van der Waals surface area contributed by atoms with Crippen molar-refractivity contribution in [3.8, 4) is 11.3 Å². The molecule has 2 heterocycles. The zero-order chi connectivity index (χ0) is 20.4. The first-order chi connectivity index (χ1) is 14.0. The Bertz CT molecular complexity index is 1190. The number of nitro groups is 1. The van der Waals surface area contributed by atoms with E-state index in [1.54, 1.807) is 36.4 Å². The van der Waals surface area contributed by atoms with Crippen molar-refractivity contribution in [2.75, 3.05) is 0 Å². The minimum absolute atomic E-state index is 0.0445. The Morgan fingerprint density at radius 2 is 1.86 bits per heavy atom. The van der Waals surface area contributed by atoms with Crippen LogP contribution in [0.2, 0.25) is 0 Å². The first-order valence-corrected chi connectivity index (χ1v) is 10.00. The zero-order valence-corrected chi connectivity index (χ0v) is 17.1. The van der Waals surface area contributed by atoms with Gasteiger partial charge in [-0.2, -0.15) is 0 Å². The minimum Gasteiger partial charge on any atom is -0.456 e. The van der Waals surface area contributed by atoms with Crippen molar-refractivity contribution in [2.24, 2.45) is 4.99 Å². The first kappa shape index (κ1) is 19.2. The molecule has 7 nitrogen and oxygen atoms in total. The number of halogens is 1. The van der Waals surface area contributed by atoms with Gasteiger partial charge >= 0.3 is 0 Å². The normalized spacial score (nSPS) is 16.4. The van der Waals surface area contributed by atoms with Crippen LogP contribution in [0.3, 0.4) is 0 Å². The van der Waals surface area contributed by atoms with Crippen molar-refractivity contribution in [2.45, 2.75) is 0 Å².